The number of methoxy groups -OCH3 is 1. The number of carbonyl (C=O) groups excluding carboxylic acids is 1. The van der Waals surface area contributed by atoms with Crippen LogP contribution in [0.25, 0.3) is 0 Å². The first-order valence-electron chi connectivity index (χ1n) is 8.01. The maximum atomic E-state index is 12.2. The van der Waals surface area contributed by atoms with Crippen molar-refractivity contribution in [2.24, 2.45) is 0 Å². The molecule has 0 aliphatic carbocycles. The van der Waals surface area contributed by atoms with Crippen LogP contribution < -0.4 is 19.5 Å². The van der Waals surface area contributed by atoms with Crippen LogP contribution in [0.4, 0.5) is 0 Å². The van der Waals surface area contributed by atoms with E-state index in [0.29, 0.717) is 36.8 Å². The largest absolute Gasteiger partial charge is 0.494 e. The normalized spacial score (nSPS) is 10.1. The Balaban J connectivity index is 1.78. The Kier molecular flexibility index (Phi) is 6.95. The van der Waals surface area contributed by atoms with Crippen LogP contribution in [0.3, 0.4) is 0 Å². The average molecular weight is 329 g/mol. The number of carbonyl (C=O) groups is 1. The van der Waals surface area contributed by atoms with Crippen molar-refractivity contribution in [3.05, 3.63) is 54.1 Å². The summed E-state index contributed by atoms with van der Waals surface area (Å²) < 4.78 is 16.3. The lowest BCUT2D eigenvalue weighted by molar-refractivity contribution is 0.0951. The van der Waals surface area contributed by atoms with Crippen LogP contribution in [0.2, 0.25) is 0 Å². The number of nitrogens with one attached hydrogen (secondary N) is 1. The van der Waals surface area contributed by atoms with E-state index in [1.165, 1.54) is 0 Å². The number of ether oxygens (including phenoxy) is 3. The maximum absolute atomic E-state index is 12.2. The van der Waals surface area contributed by atoms with Gasteiger partial charge in [0.2, 0.25) is 0 Å². The number of hydrogen-bond acceptors (Lipinski definition) is 4. The highest BCUT2D eigenvalue weighted by Crippen LogP contribution is 2.27. The fourth-order valence-corrected chi connectivity index (χ4v) is 2.17. The molecular weight excluding hydrogens is 306 g/mol. The molecule has 0 atom stereocenters. The van der Waals surface area contributed by atoms with Crippen molar-refractivity contribution < 1.29 is 19.0 Å². The summed E-state index contributed by atoms with van der Waals surface area (Å²) in [5, 5.41) is 2.88. The summed E-state index contributed by atoms with van der Waals surface area (Å²) in [5.74, 6) is 1.88. The lowest BCUT2D eigenvalue weighted by Gasteiger charge is -2.11. The first-order valence-corrected chi connectivity index (χ1v) is 8.01. The van der Waals surface area contributed by atoms with Gasteiger partial charge in [-0.05, 0) is 43.7 Å². The molecule has 2 rings (SSSR count). The zero-order valence-corrected chi connectivity index (χ0v) is 14.1. The number of hydrogen-bond donors (Lipinski definition) is 1. The van der Waals surface area contributed by atoms with Gasteiger partial charge in [0.25, 0.3) is 5.91 Å². The minimum absolute atomic E-state index is 0.140. The summed E-state index contributed by atoms with van der Waals surface area (Å²) in [4.78, 5) is 12.2. The third kappa shape index (κ3) is 5.19. The predicted octanol–water partition coefficient (Wildman–Crippen LogP) is 3.29. The summed E-state index contributed by atoms with van der Waals surface area (Å²) in [6.45, 7) is 3.50. The molecule has 2 aromatic rings. The van der Waals surface area contributed by atoms with Crippen molar-refractivity contribution in [2.75, 3.05) is 26.9 Å². The van der Waals surface area contributed by atoms with Gasteiger partial charge in [-0.2, -0.15) is 0 Å². The van der Waals surface area contributed by atoms with E-state index in [2.05, 4.69) is 5.32 Å². The van der Waals surface area contributed by atoms with Gasteiger partial charge in [-0.25, -0.2) is 0 Å². The molecule has 0 bridgehead atoms. The van der Waals surface area contributed by atoms with Gasteiger partial charge in [0.05, 0.1) is 20.3 Å². The molecule has 5 nitrogen and oxygen atoms in total. The fourth-order valence-electron chi connectivity index (χ4n) is 2.17. The minimum Gasteiger partial charge on any atom is -0.494 e. The van der Waals surface area contributed by atoms with E-state index in [4.69, 9.17) is 14.2 Å². The van der Waals surface area contributed by atoms with Crippen LogP contribution in [0.15, 0.2) is 48.5 Å². The quantitative estimate of drug-likeness (QED) is 0.717. The lowest BCUT2D eigenvalue weighted by Crippen LogP contribution is -2.25. The molecule has 0 spiro atoms. The van der Waals surface area contributed by atoms with E-state index in [1.54, 1.807) is 25.3 Å². The number of rotatable bonds is 9. The highest BCUT2D eigenvalue weighted by atomic mass is 16.5. The SMILES string of the molecule is CCOc1cc(C(=O)NCCCOc2ccccc2)ccc1OC. The van der Waals surface area contributed by atoms with Crippen molar-refractivity contribution in [1.82, 2.24) is 5.32 Å². The van der Waals surface area contributed by atoms with Gasteiger partial charge in [-0.3, -0.25) is 4.79 Å². The Bertz CT molecular complexity index is 643. The molecule has 0 unspecified atom stereocenters. The minimum atomic E-state index is -0.140. The summed E-state index contributed by atoms with van der Waals surface area (Å²) >= 11 is 0. The molecule has 5 heteroatoms. The molecule has 0 saturated heterocycles. The highest BCUT2D eigenvalue weighted by molar-refractivity contribution is 5.94. The van der Waals surface area contributed by atoms with E-state index in [1.807, 2.05) is 37.3 Å². The van der Waals surface area contributed by atoms with Crippen molar-refractivity contribution in [1.29, 1.82) is 0 Å². The molecule has 0 heterocycles. The predicted molar refractivity (Wildman–Crippen MR) is 93.1 cm³/mol. The number of amides is 1. The van der Waals surface area contributed by atoms with E-state index in [0.717, 1.165) is 12.2 Å². The Labute approximate surface area is 142 Å². The second-order valence-corrected chi connectivity index (χ2v) is 5.07. The third-order valence-corrected chi connectivity index (χ3v) is 3.34. The molecule has 24 heavy (non-hydrogen) atoms. The molecule has 0 saturated carbocycles. The second kappa shape index (κ2) is 9.45. The molecule has 0 fully saturated rings. The van der Waals surface area contributed by atoms with Gasteiger partial charge in [-0.1, -0.05) is 18.2 Å². The van der Waals surface area contributed by atoms with Crippen LogP contribution in [0, 0.1) is 0 Å². The van der Waals surface area contributed by atoms with E-state index >= 15 is 0 Å². The van der Waals surface area contributed by atoms with Gasteiger partial charge in [0, 0.05) is 12.1 Å². The van der Waals surface area contributed by atoms with Crippen LogP contribution >= 0.6 is 0 Å². The smallest absolute Gasteiger partial charge is 0.251 e. The lowest BCUT2D eigenvalue weighted by atomic mass is 10.2. The highest BCUT2D eigenvalue weighted by Gasteiger charge is 2.10. The molecule has 128 valence electrons. The summed E-state index contributed by atoms with van der Waals surface area (Å²) in [6.07, 6.45) is 0.731. The summed E-state index contributed by atoms with van der Waals surface area (Å²) in [5.41, 5.74) is 0.545. The molecule has 0 radical (unpaired) electrons. The van der Waals surface area contributed by atoms with Crippen LogP contribution in [0.1, 0.15) is 23.7 Å². The van der Waals surface area contributed by atoms with Gasteiger partial charge >= 0.3 is 0 Å². The van der Waals surface area contributed by atoms with Crippen molar-refractivity contribution in [3.8, 4) is 17.2 Å². The van der Waals surface area contributed by atoms with E-state index < -0.39 is 0 Å². The zero-order valence-electron chi connectivity index (χ0n) is 14.1. The molecule has 1 N–H and O–H groups in total. The number of para-hydroxylation sites is 1. The molecule has 2 aromatic carbocycles. The van der Waals surface area contributed by atoms with E-state index in [9.17, 15) is 4.79 Å². The first-order chi connectivity index (χ1) is 11.7. The van der Waals surface area contributed by atoms with Gasteiger partial charge < -0.3 is 19.5 Å². The van der Waals surface area contributed by atoms with E-state index in [-0.39, 0.29) is 5.91 Å². The Hall–Kier alpha value is -2.69. The van der Waals surface area contributed by atoms with Crippen LogP contribution in [0.5, 0.6) is 17.2 Å². The summed E-state index contributed by atoms with van der Waals surface area (Å²) in [7, 11) is 1.57. The van der Waals surface area contributed by atoms with Crippen molar-refractivity contribution >= 4 is 5.91 Å². The Morgan fingerprint density at radius 1 is 1.04 bits per heavy atom. The monoisotopic (exact) mass is 329 g/mol. The van der Waals surface area contributed by atoms with Gasteiger partial charge in [0.1, 0.15) is 5.75 Å². The van der Waals surface area contributed by atoms with Crippen molar-refractivity contribution in [3.63, 3.8) is 0 Å². The third-order valence-electron chi connectivity index (χ3n) is 3.34. The Morgan fingerprint density at radius 2 is 1.83 bits per heavy atom. The fraction of sp³-hybridized carbons (Fsp3) is 0.316. The molecular formula is C19H23NO4. The van der Waals surface area contributed by atoms with Crippen LogP contribution in [-0.2, 0) is 0 Å². The standard InChI is InChI=1S/C19H23NO4/c1-3-23-18-14-15(10-11-17(18)22-2)19(21)20-12-7-13-24-16-8-5-4-6-9-16/h4-6,8-11,14H,3,7,12-13H2,1-2H3,(H,20,21). The van der Waals surface area contributed by atoms with Gasteiger partial charge in [0.15, 0.2) is 11.5 Å². The number of benzene rings is 2. The van der Waals surface area contributed by atoms with Crippen LogP contribution in [-0.4, -0.2) is 32.8 Å². The molecule has 0 aliphatic rings. The Morgan fingerprint density at radius 3 is 2.54 bits per heavy atom. The average Bonchev–Trinajstić information content (AvgIpc) is 2.62. The molecule has 0 aromatic heterocycles. The second-order valence-electron chi connectivity index (χ2n) is 5.07. The molecule has 0 aliphatic heterocycles. The van der Waals surface area contributed by atoms with Crippen molar-refractivity contribution in [2.45, 2.75) is 13.3 Å². The van der Waals surface area contributed by atoms with Gasteiger partial charge in [-0.15, -0.1) is 0 Å². The summed E-state index contributed by atoms with van der Waals surface area (Å²) in [6, 6.07) is 14.8. The topological polar surface area (TPSA) is 56.8 Å². The zero-order chi connectivity index (χ0) is 17.2. The first kappa shape index (κ1) is 17.7. The molecule has 1 amide bonds. The maximum Gasteiger partial charge on any atom is 0.251 e.